The van der Waals surface area contributed by atoms with Crippen LogP contribution >= 0.6 is 0 Å². The Hall–Kier alpha value is -1.11. The number of rotatable bonds is 8. The first-order chi connectivity index (χ1) is 9.81. The molecule has 0 saturated carbocycles. The largest absolute Gasteiger partial charge is 0.399 e. The molecule has 6 heteroatoms. The van der Waals surface area contributed by atoms with Gasteiger partial charge in [-0.05, 0) is 55.9 Å². The van der Waals surface area contributed by atoms with Gasteiger partial charge in [-0.3, -0.25) is 0 Å². The maximum absolute atomic E-state index is 12.5. The molecule has 0 heterocycles. The van der Waals surface area contributed by atoms with E-state index in [0.717, 1.165) is 12.8 Å². The zero-order valence-corrected chi connectivity index (χ0v) is 13.8. The molecule has 0 spiro atoms. The minimum atomic E-state index is -3.56. The van der Waals surface area contributed by atoms with Crippen LogP contribution < -0.4 is 10.5 Å². The Morgan fingerprint density at radius 1 is 1.24 bits per heavy atom. The van der Waals surface area contributed by atoms with Crippen molar-refractivity contribution >= 4 is 15.7 Å². The molecule has 0 fully saturated rings. The smallest absolute Gasteiger partial charge is 0.241 e. The Morgan fingerprint density at radius 2 is 1.81 bits per heavy atom. The number of anilines is 1. The van der Waals surface area contributed by atoms with Crippen LogP contribution in [0.2, 0.25) is 0 Å². The third-order valence-electron chi connectivity index (χ3n) is 3.55. The Balaban J connectivity index is 2.92. The molecule has 0 amide bonds. The molecule has 0 radical (unpaired) electrons. The summed E-state index contributed by atoms with van der Waals surface area (Å²) >= 11 is 0. The third kappa shape index (κ3) is 4.98. The van der Waals surface area contributed by atoms with Gasteiger partial charge in [0.05, 0.1) is 4.90 Å². The van der Waals surface area contributed by atoms with Crippen LogP contribution in [-0.4, -0.2) is 26.7 Å². The molecule has 5 nitrogen and oxygen atoms in total. The van der Waals surface area contributed by atoms with Crippen LogP contribution in [0.15, 0.2) is 17.0 Å². The van der Waals surface area contributed by atoms with E-state index in [1.807, 2.05) is 6.92 Å². The average molecular weight is 314 g/mol. The van der Waals surface area contributed by atoms with Gasteiger partial charge >= 0.3 is 0 Å². The van der Waals surface area contributed by atoms with E-state index in [0.29, 0.717) is 34.7 Å². The SMILES string of the molecule is CCCC(CCO)CNS(=O)(=O)c1c(C)cc(N)cc1C. The van der Waals surface area contributed by atoms with E-state index in [9.17, 15) is 8.42 Å². The van der Waals surface area contributed by atoms with Gasteiger partial charge in [-0.2, -0.15) is 0 Å². The van der Waals surface area contributed by atoms with Gasteiger partial charge < -0.3 is 10.8 Å². The van der Waals surface area contributed by atoms with Crippen molar-refractivity contribution in [2.45, 2.75) is 44.9 Å². The number of sulfonamides is 1. The van der Waals surface area contributed by atoms with Crippen molar-refractivity contribution in [3.63, 3.8) is 0 Å². The Kier molecular flexibility index (Phi) is 6.64. The number of aryl methyl sites for hydroxylation is 2. The quantitative estimate of drug-likeness (QED) is 0.640. The lowest BCUT2D eigenvalue weighted by atomic mass is 10.0. The first-order valence-corrected chi connectivity index (χ1v) is 8.77. The number of nitrogens with one attached hydrogen (secondary N) is 1. The summed E-state index contributed by atoms with van der Waals surface area (Å²) in [5.74, 6) is 0.157. The van der Waals surface area contributed by atoms with Crippen LogP contribution in [-0.2, 0) is 10.0 Å². The van der Waals surface area contributed by atoms with Gasteiger partial charge in [0.15, 0.2) is 0 Å². The van der Waals surface area contributed by atoms with Crippen LogP contribution in [0.1, 0.15) is 37.3 Å². The molecule has 120 valence electrons. The van der Waals surface area contributed by atoms with Gasteiger partial charge in [-0.1, -0.05) is 13.3 Å². The molecule has 0 aliphatic heterocycles. The summed E-state index contributed by atoms with van der Waals surface area (Å²) in [4.78, 5) is 0.302. The molecule has 0 saturated heterocycles. The molecule has 0 aliphatic rings. The van der Waals surface area contributed by atoms with E-state index in [4.69, 9.17) is 10.8 Å². The predicted octanol–water partition coefficient (Wildman–Crippen LogP) is 1.96. The van der Waals surface area contributed by atoms with Crippen LogP contribution in [0.5, 0.6) is 0 Å². The van der Waals surface area contributed by atoms with Crippen molar-refractivity contribution < 1.29 is 13.5 Å². The number of aliphatic hydroxyl groups is 1. The number of hydrogen-bond donors (Lipinski definition) is 3. The van der Waals surface area contributed by atoms with Gasteiger partial charge in [0.25, 0.3) is 0 Å². The van der Waals surface area contributed by atoms with Crippen LogP contribution in [0.3, 0.4) is 0 Å². The highest BCUT2D eigenvalue weighted by Crippen LogP contribution is 2.23. The van der Waals surface area contributed by atoms with E-state index < -0.39 is 10.0 Å². The maximum Gasteiger partial charge on any atom is 0.241 e. The van der Waals surface area contributed by atoms with E-state index in [-0.39, 0.29) is 12.5 Å². The Bertz CT molecular complexity index is 541. The number of nitrogen functional groups attached to an aromatic ring is 1. The molecular formula is C15H26N2O3S. The molecule has 1 unspecified atom stereocenters. The molecule has 1 atom stereocenters. The fraction of sp³-hybridized carbons (Fsp3) is 0.600. The molecular weight excluding hydrogens is 288 g/mol. The van der Waals surface area contributed by atoms with E-state index in [1.54, 1.807) is 26.0 Å². The Labute approximate surface area is 127 Å². The van der Waals surface area contributed by atoms with Gasteiger partial charge in [-0.25, -0.2) is 13.1 Å². The second kappa shape index (κ2) is 7.77. The molecule has 0 bridgehead atoms. The van der Waals surface area contributed by atoms with Crippen LogP contribution in [0.25, 0.3) is 0 Å². The van der Waals surface area contributed by atoms with Gasteiger partial charge in [0.1, 0.15) is 0 Å². The highest BCUT2D eigenvalue weighted by molar-refractivity contribution is 7.89. The highest BCUT2D eigenvalue weighted by Gasteiger charge is 2.21. The average Bonchev–Trinajstić information content (AvgIpc) is 2.35. The molecule has 1 aromatic rings. The summed E-state index contributed by atoms with van der Waals surface area (Å²) in [6, 6.07) is 3.33. The third-order valence-corrected chi connectivity index (χ3v) is 5.28. The lowest BCUT2D eigenvalue weighted by molar-refractivity contribution is 0.251. The van der Waals surface area contributed by atoms with Gasteiger partial charge in [-0.15, -0.1) is 0 Å². The summed E-state index contributed by atoms with van der Waals surface area (Å²) in [5, 5.41) is 9.04. The van der Waals surface area contributed by atoms with Crippen LogP contribution in [0.4, 0.5) is 5.69 Å². The molecule has 21 heavy (non-hydrogen) atoms. The molecule has 1 rings (SSSR count). The maximum atomic E-state index is 12.5. The van der Waals surface area contributed by atoms with Crippen molar-refractivity contribution in [1.82, 2.24) is 4.72 Å². The second-order valence-electron chi connectivity index (χ2n) is 5.50. The highest BCUT2D eigenvalue weighted by atomic mass is 32.2. The number of benzene rings is 1. The zero-order valence-electron chi connectivity index (χ0n) is 13.0. The minimum Gasteiger partial charge on any atom is -0.399 e. The Morgan fingerprint density at radius 3 is 2.29 bits per heavy atom. The number of hydrogen-bond acceptors (Lipinski definition) is 4. The first kappa shape index (κ1) is 17.9. The molecule has 4 N–H and O–H groups in total. The van der Waals surface area contributed by atoms with Crippen LogP contribution in [0, 0.1) is 19.8 Å². The zero-order chi connectivity index (χ0) is 16.0. The van der Waals surface area contributed by atoms with E-state index in [1.165, 1.54) is 0 Å². The lowest BCUT2D eigenvalue weighted by Gasteiger charge is -2.17. The van der Waals surface area contributed by atoms with E-state index >= 15 is 0 Å². The topological polar surface area (TPSA) is 92.4 Å². The summed E-state index contributed by atoms with van der Waals surface area (Å²) in [5.41, 5.74) is 7.59. The first-order valence-electron chi connectivity index (χ1n) is 7.29. The molecule has 0 aromatic heterocycles. The van der Waals surface area contributed by atoms with Crippen molar-refractivity contribution in [2.24, 2.45) is 5.92 Å². The normalized spacial score (nSPS) is 13.3. The van der Waals surface area contributed by atoms with Crippen molar-refractivity contribution in [1.29, 1.82) is 0 Å². The molecule has 1 aromatic carbocycles. The summed E-state index contributed by atoms with van der Waals surface area (Å²) in [6.07, 6.45) is 2.46. The van der Waals surface area contributed by atoms with Crippen molar-refractivity contribution in [3.05, 3.63) is 23.3 Å². The minimum absolute atomic E-state index is 0.0757. The fourth-order valence-electron chi connectivity index (χ4n) is 2.65. The van der Waals surface area contributed by atoms with Crippen molar-refractivity contribution in [2.75, 3.05) is 18.9 Å². The monoisotopic (exact) mass is 314 g/mol. The van der Waals surface area contributed by atoms with E-state index in [2.05, 4.69) is 4.72 Å². The summed E-state index contributed by atoms with van der Waals surface area (Å²) in [6.45, 7) is 5.96. The lowest BCUT2D eigenvalue weighted by Crippen LogP contribution is -2.31. The molecule has 0 aliphatic carbocycles. The van der Waals surface area contributed by atoms with Gasteiger partial charge in [0, 0.05) is 18.8 Å². The standard InChI is InChI=1S/C15H26N2O3S/c1-4-5-13(6-7-18)10-17-21(19,20)15-11(2)8-14(16)9-12(15)3/h8-9,13,17-18H,4-7,10,16H2,1-3H3. The fourth-order valence-corrected chi connectivity index (χ4v) is 4.21. The summed E-state index contributed by atoms with van der Waals surface area (Å²) in [7, 11) is -3.56. The predicted molar refractivity (Wildman–Crippen MR) is 85.6 cm³/mol. The van der Waals surface area contributed by atoms with Crippen molar-refractivity contribution in [3.8, 4) is 0 Å². The second-order valence-corrected chi connectivity index (χ2v) is 7.21. The number of aliphatic hydroxyl groups excluding tert-OH is 1. The number of nitrogens with two attached hydrogens (primary N) is 1. The van der Waals surface area contributed by atoms with Gasteiger partial charge in [0.2, 0.25) is 10.0 Å². The summed E-state index contributed by atoms with van der Waals surface area (Å²) < 4.78 is 27.6.